The first-order valence-corrected chi connectivity index (χ1v) is 6.41. The van der Waals surface area contributed by atoms with Gasteiger partial charge >= 0.3 is 0 Å². The number of halogens is 2. The highest BCUT2D eigenvalue weighted by Crippen LogP contribution is 2.33. The van der Waals surface area contributed by atoms with Gasteiger partial charge in [-0.3, -0.25) is 0 Å². The predicted octanol–water partition coefficient (Wildman–Crippen LogP) is 3.84. The minimum atomic E-state index is 0.874. The van der Waals surface area contributed by atoms with Crippen LogP contribution in [0.4, 0.5) is 5.69 Å². The summed E-state index contributed by atoms with van der Waals surface area (Å²) in [7, 11) is 0. The largest absolute Gasteiger partial charge is 0.370 e. The molecule has 1 heterocycles. The second-order valence-corrected chi connectivity index (χ2v) is 4.54. The van der Waals surface area contributed by atoms with E-state index in [1.54, 1.807) is 0 Å². The van der Waals surface area contributed by atoms with Crippen LogP contribution in [0, 0.1) is 0 Å². The van der Waals surface area contributed by atoms with Crippen molar-refractivity contribution in [2.45, 2.75) is 18.2 Å². The number of hydrogen-bond donors (Lipinski definition) is 0. The van der Waals surface area contributed by atoms with Crippen LogP contribution in [-0.4, -0.2) is 13.1 Å². The van der Waals surface area contributed by atoms with Gasteiger partial charge in [0.15, 0.2) is 0 Å². The highest BCUT2D eigenvalue weighted by molar-refractivity contribution is 9.08. The predicted molar refractivity (Wildman–Crippen MR) is 65.5 cm³/mol. The van der Waals surface area contributed by atoms with Crippen LogP contribution in [0.2, 0.25) is 5.02 Å². The Morgan fingerprint density at radius 2 is 2.00 bits per heavy atom. The first kappa shape index (κ1) is 10.3. The zero-order valence-electron chi connectivity index (χ0n) is 7.97. The summed E-state index contributed by atoms with van der Waals surface area (Å²) >= 11 is 9.73. The van der Waals surface area contributed by atoms with Crippen molar-refractivity contribution < 1.29 is 0 Å². The summed E-state index contributed by atoms with van der Waals surface area (Å²) in [6.07, 6.45) is 2.57. The van der Waals surface area contributed by atoms with Crippen LogP contribution in [0.3, 0.4) is 0 Å². The Morgan fingerprint density at radius 1 is 1.29 bits per heavy atom. The van der Waals surface area contributed by atoms with Crippen LogP contribution >= 0.6 is 27.5 Å². The van der Waals surface area contributed by atoms with Gasteiger partial charge in [-0.1, -0.05) is 39.7 Å². The number of para-hydroxylation sites is 1. The SMILES string of the molecule is Clc1cccc(CBr)c1N1CCCC1. The standard InChI is InChI=1S/C11H13BrClN/c12-8-9-4-3-5-10(13)11(9)14-6-1-2-7-14/h3-5H,1-2,6-8H2. The zero-order chi connectivity index (χ0) is 9.97. The van der Waals surface area contributed by atoms with Crippen LogP contribution in [0.25, 0.3) is 0 Å². The van der Waals surface area contributed by atoms with Crippen LogP contribution in [-0.2, 0) is 5.33 Å². The molecular formula is C11H13BrClN. The lowest BCUT2D eigenvalue weighted by molar-refractivity contribution is 0.949. The van der Waals surface area contributed by atoms with Gasteiger partial charge in [-0.2, -0.15) is 0 Å². The van der Waals surface area contributed by atoms with Gasteiger partial charge < -0.3 is 4.90 Å². The Bertz CT molecular complexity index is 321. The molecule has 1 aliphatic heterocycles. The molecule has 1 nitrogen and oxygen atoms in total. The summed E-state index contributed by atoms with van der Waals surface area (Å²) in [6.45, 7) is 2.29. The van der Waals surface area contributed by atoms with E-state index in [1.165, 1.54) is 24.1 Å². The van der Waals surface area contributed by atoms with Crippen LogP contribution < -0.4 is 4.90 Å². The maximum Gasteiger partial charge on any atom is 0.0642 e. The van der Waals surface area contributed by atoms with Gasteiger partial charge in [0, 0.05) is 18.4 Å². The average Bonchev–Trinajstić information content (AvgIpc) is 2.70. The molecule has 0 N–H and O–H groups in total. The van der Waals surface area contributed by atoms with Crippen molar-refractivity contribution in [3.63, 3.8) is 0 Å². The number of hydrogen-bond acceptors (Lipinski definition) is 1. The molecule has 0 aromatic heterocycles. The van der Waals surface area contributed by atoms with Crippen LogP contribution in [0.1, 0.15) is 18.4 Å². The lowest BCUT2D eigenvalue weighted by Gasteiger charge is -2.22. The third-order valence-corrected chi connectivity index (χ3v) is 3.55. The number of benzene rings is 1. The molecule has 76 valence electrons. The fourth-order valence-electron chi connectivity index (χ4n) is 1.96. The zero-order valence-corrected chi connectivity index (χ0v) is 10.3. The summed E-state index contributed by atoms with van der Waals surface area (Å²) in [5, 5.41) is 1.75. The van der Waals surface area contributed by atoms with E-state index in [4.69, 9.17) is 11.6 Å². The van der Waals surface area contributed by atoms with Crippen molar-refractivity contribution in [3.8, 4) is 0 Å². The first-order chi connectivity index (χ1) is 6.83. The Labute approximate surface area is 98.2 Å². The van der Waals surface area contributed by atoms with Crippen molar-refractivity contribution in [1.29, 1.82) is 0 Å². The Hall–Kier alpha value is -0.210. The van der Waals surface area contributed by atoms with E-state index in [-0.39, 0.29) is 0 Å². The maximum atomic E-state index is 6.23. The lowest BCUT2D eigenvalue weighted by Crippen LogP contribution is -2.19. The third kappa shape index (κ3) is 1.91. The summed E-state index contributed by atoms with van der Waals surface area (Å²) in [6, 6.07) is 6.12. The van der Waals surface area contributed by atoms with Crippen molar-refractivity contribution >= 4 is 33.2 Å². The summed E-state index contributed by atoms with van der Waals surface area (Å²) in [4.78, 5) is 2.39. The highest BCUT2D eigenvalue weighted by atomic mass is 79.9. The van der Waals surface area contributed by atoms with E-state index in [0.717, 1.165) is 23.4 Å². The topological polar surface area (TPSA) is 3.24 Å². The molecule has 0 amide bonds. The molecule has 0 saturated carbocycles. The maximum absolute atomic E-state index is 6.23. The molecule has 1 aliphatic rings. The number of anilines is 1. The first-order valence-electron chi connectivity index (χ1n) is 4.91. The molecule has 1 saturated heterocycles. The van der Waals surface area contributed by atoms with Gasteiger partial charge in [0.1, 0.15) is 0 Å². The number of rotatable bonds is 2. The molecule has 1 aromatic rings. The normalized spacial score (nSPS) is 16.3. The second kappa shape index (κ2) is 4.54. The lowest BCUT2D eigenvalue weighted by atomic mass is 10.2. The monoisotopic (exact) mass is 273 g/mol. The fraction of sp³-hybridized carbons (Fsp3) is 0.455. The quantitative estimate of drug-likeness (QED) is 0.741. The van der Waals surface area contributed by atoms with Gasteiger partial charge in [0.05, 0.1) is 10.7 Å². The molecule has 0 bridgehead atoms. The van der Waals surface area contributed by atoms with Gasteiger partial charge in [0.25, 0.3) is 0 Å². The molecule has 0 atom stereocenters. The summed E-state index contributed by atoms with van der Waals surface area (Å²) in [5.41, 5.74) is 2.52. The Balaban J connectivity index is 2.37. The van der Waals surface area contributed by atoms with Crippen LogP contribution in [0.15, 0.2) is 18.2 Å². The number of nitrogens with zero attached hydrogens (tertiary/aromatic N) is 1. The van der Waals surface area contributed by atoms with E-state index in [9.17, 15) is 0 Å². The van der Waals surface area contributed by atoms with Crippen molar-refractivity contribution in [3.05, 3.63) is 28.8 Å². The van der Waals surface area contributed by atoms with Gasteiger partial charge in [-0.15, -0.1) is 0 Å². The molecule has 1 fully saturated rings. The van der Waals surface area contributed by atoms with Crippen LogP contribution in [0.5, 0.6) is 0 Å². The Kier molecular flexibility index (Phi) is 3.34. The molecule has 0 unspecified atom stereocenters. The van der Waals surface area contributed by atoms with Gasteiger partial charge in [0.2, 0.25) is 0 Å². The Morgan fingerprint density at radius 3 is 2.64 bits per heavy atom. The van der Waals surface area contributed by atoms with E-state index in [1.807, 2.05) is 12.1 Å². The molecular weight excluding hydrogens is 261 g/mol. The molecule has 1 aromatic carbocycles. The molecule has 2 rings (SSSR count). The van der Waals surface area contributed by atoms with Crippen molar-refractivity contribution in [2.75, 3.05) is 18.0 Å². The molecule has 0 radical (unpaired) electrons. The van der Waals surface area contributed by atoms with Gasteiger partial charge in [-0.25, -0.2) is 0 Å². The second-order valence-electron chi connectivity index (χ2n) is 3.58. The van der Waals surface area contributed by atoms with Crippen molar-refractivity contribution in [1.82, 2.24) is 0 Å². The molecule has 14 heavy (non-hydrogen) atoms. The minimum absolute atomic E-state index is 0.874. The smallest absolute Gasteiger partial charge is 0.0642 e. The number of alkyl halides is 1. The molecule has 0 aliphatic carbocycles. The van der Waals surface area contributed by atoms with E-state index >= 15 is 0 Å². The van der Waals surface area contributed by atoms with Crippen molar-refractivity contribution in [2.24, 2.45) is 0 Å². The molecule has 3 heteroatoms. The van der Waals surface area contributed by atoms with E-state index < -0.39 is 0 Å². The van der Waals surface area contributed by atoms with E-state index in [2.05, 4.69) is 26.9 Å². The van der Waals surface area contributed by atoms with Gasteiger partial charge in [-0.05, 0) is 24.5 Å². The highest BCUT2D eigenvalue weighted by Gasteiger charge is 2.17. The summed E-state index contributed by atoms with van der Waals surface area (Å²) in [5.74, 6) is 0. The third-order valence-electron chi connectivity index (χ3n) is 2.64. The average molecular weight is 275 g/mol. The summed E-state index contributed by atoms with van der Waals surface area (Å²) < 4.78 is 0. The fourth-order valence-corrected chi connectivity index (χ4v) is 2.73. The molecule has 0 spiro atoms. The minimum Gasteiger partial charge on any atom is -0.370 e. The van der Waals surface area contributed by atoms with E-state index in [0.29, 0.717) is 0 Å².